The van der Waals surface area contributed by atoms with Crippen LogP contribution in [0, 0.1) is 0 Å². The van der Waals surface area contributed by atoms with Crippen LogP contribution in [0.15, 0.2) is 0 Å². The van der Waals surface area contributed by atoms with E-state index in [4.69, 9.17) is 20.4 Å². The molecule has 0 aliphatic carbocycles. The van der Waals surface area contributed by atoms with Gasteiger partial charge in [0.05, 0.1) is 19.8 Å². The Bertz CT molecular complexity index is 50.8. The van der Waals surface area contributed by atoms with Gasteiger partial charge in [0.2, 0.25) is 0 Å². The van der Waals surface area contributed by atoms with Gasteiger partial charge in [0.15, 0.2) is 0 Å². The van der Waals surface area contributed by atoms with Crippen molar-refractivity contribution in [2.24, 2.45) is 0 Å². The second-order valence-electron chi connectivity index (χ2n) is 1.70. The van der Waals surface area contributed by atoms with Crippen molar-refractivity contribution in [3.8, 4) is 0 Å². The number of hydrogen-bond acceptors (Lipinski definition) is 4. The van der Waals surface area contributed by atoms with E-state index in [0.29, 0.717) is 0 Å². The lowest BCUT2D eigenvalue weighted by Crippen LogP contribution is -2.41. The quantitative estimate of drug-likeness (QED) is 0.339. The maximum atomic E-state index is 8.69. The van der Waals surface area contributed by atoms with E-state index in [0.717, 1.165) is 0 Å². The van der Waals surface area contributed by atoms with Gasteiger partial charge in [0.1, 0.15) is 5.60 Å². The Balaban J connectivity index is 3.58. The molecule has 0 aliphatic heterocycles. The highest BCUT2D eigenvalue weighted by molar-refractivity contribution is 4.73. The van der Waals surface area contributed by atoms with E-state index in [9.17, 15) is 0 Å². The molecule has 0 fully saturated rings. The fourth-order valence-electron chi connectivity index (χ4n) is 0.150. The van der Waals surface area contributed by atoms with E-state index in [1.54, 1.807) is 0 Å². The molecule has 50 valence electrons. The minimum atomic E-state index is -1.71. The summed E-state index contributed by atoms with van der Waals surface area (Å²) in [5.41, 5.74) is -1.71. The Morgan fingerprint density at radius 3 is 1.12 bits per heavy atom. The maximum absolute atomic E-state index is 8.69. The van der Waals surface area contributed by atoms with Crippen molar-refractivity contribution in [3.05, 3.63) is 0 Å². The van der Waals surface area contributed by atoms with E-state index in [2.05, 4.69) is 0 Å². The third-order valence-corrected chi connectivity index (χ3v) is 0.883. The van der Waals surface area contributed by atoms with Crippen molar-refractivity contribution in [1.82, 2.24) is 0 Å². The van der Waals surface area contributed by atoms with Gasteiger partial charge in [-0.2, -0.15) is 0 Å². The molecule has 0 aliphatic rings. The van der Waals surface area contributed by atoms with Crippen molar-refractivity contribution in [3.63, 3.8) is 0 Å². The molecule has 0 aromatic rings. The molecule has 0 aromatic heterocycles. The lowest BCUT2D eigenvalue weighted by Gasteiger charge is -2.18. The second kappa shape index (κ2) is 2.99. The zero-order valence-corrected chi connectivity index (χ0v) is 4.41. The highest BCUT2D eigenvalue weighted by Gasteiger charge is 2.22. The zero-order chi connectivity index (χ0) is 6.62. The summed E-state index contributed by atoms with van der Waals surface area (Å²) in [6.45, 7) is -1.88. The molecule has 4 heteroatoms. The fraction of sp³-hybridized carbons (Fsp3) is 1.00. The molecular weight excluding hydrogens is 112 g/mol. The largest absolute Gasteiger partial charge is 0.393 e. The van der Waals surface area contributed by atoms with Crippen molar-refractivity contribution in [1.29, 1.82) is 0 Å². The minimum absolute atomic E-state index is 0.625. The van der Waals surface area contributed by atoms with Crippen molar-refractivity contribution >= 4 is 0 Å². The highest BCUT2D eigenvalue weighted by atomic mass is 16.4. The first-order valence-electron chi connectivity index (χ1n) is 2.23. The topological polar surface area (TPSA) is 80.9 Å². The van der Waals surface area contributed by atoms with Crippen LogP contribution in [0.2, 0.25) is 0 Å². The normalized spacial score (nSPS) is 12.0. The summed E-state index contributed by atoms with van der Waals surface area (Å²) in [6, 6.07) is 0. The van der Waals surface area contributed by atoms with E-state index in [-0.39, 0.29) is 0 Å². The molecule has 4 nitrogen and oxygen atoms in total. The summed E-state index contributed by atoms with van der Waals surface area (Å²) in [6.07, 6.45) is 0. The number of hydrogen-bond donors (Lipinski definition) is 4. The van der Waals surface area contributed by atoms with Gasteiger partial charge in [-0.3, -0.25) is 0 Å². The van der Waals surface area contributed by atoms with E-state index in [1.165, 1.54) is 0 Å². The molecule has 0 amide bonds. The molecule has 0 rings (SSSR count). The summed E-state index contributed by atoms with van der Waals surface area (Å²) in [7, 11) is 0. The van der Waals surface area contributed by atoms with Gasteiger partial charge in [-0.1, -0.05) is 0 Å². The van der Waals surface area contributed by atoms with Crippen LogP contribution < -0.4 is 0 Å². The van der Waals surface area contributed by atoms with Crippen molar-refractivity contribution < 1.29 is 20.4 Å². The Kier molecular flexibility index (Phi) is 2.93. The van der Waals surface area contributed by atoms with Crippen LogP contribution in [0.3, 0.4) is 0 Å². The fourth-order valence-corrected chi connectivity index (χ4v) is 0.150. The average molecular weight is 122 g/mol. The molecular formula is C4H10O4. The van der Waals surface area contributed by atoms with Gasteiger partial charge < -0.3 is 20.4 Å². The van der Waals surface area contributed by atoms with E-state index in [1.807, 2.05) is 0 Å². The Labute approximate surface area is 47.0 Å². The van der Waals surface area contributed by atoms with Gasteiger partial charge in [-0.15, -0.1) is 0 Å². The zero-order valence-electron chi connectivity index (χ0n) is 4.41. The van der Waals surface area contributed by atoms with Gasteiger partial charge >= 0.3 is 0 Å². The summed E-state index contributed by atoms with van der Waals surface area (Å²) in [5.74, 6) is 0. The molecule has 0 bridgehead atoms. The van der Waals surface area contributed by atoms with Crippen LogP contribution in [0.1, 0.15) is 0 Å². The molecule has 0 atom stereocenters. The minimum Gasteiger partial charge on any atom is -0.393 e. The van der Waals surface area contributed by atoms with Gasteiger partial charge in [-0.25, -0.2) is 0 Å². The van der Waals surface area contributed by atoms with Crippen LogP contribution in [0.4, 0.5) is 0 Å². The number of aliphatic hydroxyl groups excluding tert-OH is 3. The Morgan fingerprint density at radius 1 is 0.875 bits per heavy atom. The first-order chi connectivity index (χ1) is 3.68. The predicted molar refractivity (Wildman–Crippen MR) is 26.2 cm³/mol. The predicted octanol–water partition coefficient (Wildman–Crippen LogP) is -2.31. The van der Waals surface area contributed by atoms with Crippen molar-refractivity contribution in [2.45, 2.75) is 5.60 Å². The summed E-state index contributed by atoms with van der Waals surface area (Å²) in [4.78, 5) is 0. The maximum Gasteiger partial charge on any atom is 0.133 e. The molecule has 0 heterocycles. The molecule has 0 unspecified atom stereocenters. The lowest BCUT2D eigenvalue weighted by atomic mass is 10.1. The van der Waals surface area contributed by atoms with Crippen LogP contribution in [-0.2, 0) is 0 Å². The first-order valence-corrected chi connectivity index (χ1v) is 2.23. The van der Waals surface area contributed by atoms with E-state index >= 15 is 0 Å². The lowest BCUT2D eigenvalue weighted by molar-refractivity contribution is -0.0867. The number of aliphatic hydroxyl groups is 4. The smallest absolute Gasteiger partial charge is 0.133 e. The highest BCUT2D eigenvalue weighted by Crippen LogP contribution is 1.97. The monoisotopic (exact) mass is 122 g/mol. The molecule has 0 spiro atoms. The summed E-state index contributed by atoms with van der Waals surface area (Å²) in [5, 5.41) is 33.3. The second-order valence-corrected chi connectivity index (χ2v) is 1.70. The number of rotatable bonds is 3. The average Bonchev–Trinajstić information content (AvgIpc) is 1.87. The van der Waals surface area contributed by atoms with E-state index < -0.39 is 25.4 Å². The van der Waals surface area contributed by atoms with Gasteiger partial charge in [0.25, 0.3) is 0 Å². The molecule has 0 saturated carbocycles. The first kappa shape index (κ1) is 7.84. The molecule has 4 N–H and O–H groups in total. The Morgan fingerprint density at radius 2 is 1.12 bits per heavy atom. The Hall–Kier alpha value is -0.160. The van der Waals surface area contributed by atoms with Crippen LogP contribution in [0.25, 0.3) is 0 Å². The van der Waals surface area contributed by atoms with Crippen LogP contribution >= 0.6 is 0 Å². The van der Waals surface area contributed by atoms with Crippen LogP contribution in [-0.4, -0.2) is 45.8 Å². The SMILES string of the molecule is OCC(O)(CO)CO. The van der Waals surface area contributed by atoms with Crippen LogP contribution in [0.5, 0.6) is 0 Å². The van der Waals surface area contributed by atoms with Gasteiger partial charge in [-0.05, 0) is 0 Å². The summed E-state index contributed by atoms with van der Waals surface area (Å²) < 4.78 is 0. The van der Waals surface area contributed by atoms with Gasteiger partial charge in [0, 0.05) is 0 Å². The summed E-state index contributed by atoms with van der Waals surface area (Å²) >= 11 is 0. The van der Waals surface area contributed by atoms with Crippen molar-refractivity contribution in [2.75, 3.05) is 19.8 Å². The third-order valence-electron chi connectivity index (χ3n) is 0.883. The molecule has 0 saturated heterocycles. The standard InChI is InChI=1S/C4H10O4/c5-1-4(8,2-6)3-7/h5-8H,1-3H2. The third kappa shape index (κ3) is 1.75. The molecule has 0 aromatic carbocycles. The molecule has 0 radical (unpaired) electrons. The molecule has 8 heavy (non-hydrogen) atoms.